The molecule has 0 atom stereocenters. The zero-order valence-electron chi connectivity index (χ0n) is 9.97. The van der Waals surface area contributed by atoms with Crippen LogP contribution in [0.1, 0.15) is 0 Å². The van der Waals surface area contributed by atoms with Gasteiger partial charge in [0, 0.05) is 13.2 Å². The van der Waals surface area contributed by atoms with Crippen LogP contribution in [0, 0.1) is 5.82 Å². The summed E-state index contributed by atoms with van der Waals surface area (Å²) in [5.74, 6) is 0.556. The molecule has 0 unspecified atom stereocenters. The molecule has 0 bridgehead atoms. The van der Waals surface area contributed by atoms with Gasteiger partial charge in [0.05, 0.1) is 16.3 Å². The molecule has 96 valence electrons. The highest BCUT2D eigenvalue weighted by molar-refractivity contribution is 9.10. The highest BCUT2D eigenvalue weighted by Crippen LogP contribution is 2.31. The van der Waals surface area contributed by atoms with Crippen molar-refractivity contribution in [2.45, 2.75) is 0 Å². The summed E-state index contributed by atoms with van der Waals surface area (Å²) in [4.78, 5) is 8.41. The monoisotopic (exact) mass is 321 g/mol. The van der Waals surface area contributed by atoms with Crippen molar-refractivity contribution in [3.63, 3.8) is 0 Å². The van der Waals surface area contributed by atoms with E-state index in [2.05, 4.69) is 25.9 Å². The third kappa shape index (κ3) is 2.19. The molecule has 2 aromatic heterocycles. The van der Waals surface area contributed by atoms with Crippen LogP contribution >= 0.6 is 15.9 Å². The van der Waals surface area contributed by atoms with Crippen LogP contribution in [0.25, 0.3) is 11.0 Å². The molecule has 19 heavy (non-hydrogen) atoms. The number of ether oxygens (including phenoxy) is 1. The van der Waals surface area contributed by atoms with Gasteiger partial charge in [0.1, 0.15) is 11.6 Å². The first-order valence-electron chi connectivity index (χ1n) is 5.54. The second-order valence-electron chi connectivity index (χ2n) is 4.02. The predicted molar refractivity (Wildman–Crippen MR) is 72.7 cm³/mol. The standard InChI is InChI=1S/C13H9BrFN3O/c1-18-7-17-12-10(18)4-5-16-13(12)19-11-3-2-8(15)6-9(11)14/h2-7H,1H3. The van der Waals surface area contributed by atoms with E-state index >= 15 is 0 Å². The fraction of sp³-hybridized carbons (Fsp3) is 0.0769. The number of aromatic nitrogens is 3. The number of fused-ring (bicyclic) bond motifs is 1. The Kier molecular flexibility index (Phi) is 2.94. The Morgan fingerprint density at radius 2 is 2.11 bits per heavy atom. The Bertz CT molecular complexity index is 757. The Labute approximate surface area is 117 Å². The molecule has 0 N–H and O–H groups in total. The summed E-state index contributed by atoms with van der Waals surface area (Å²) in [6, 6.07) is 6.07. The van der Waals surface area contributed by atoms with Gasteiger partial charge >= 0.3 is 0 Å². The van der Waals surface area contributed by atoms with Crippen LogP contribution in [0.15, 0.2) is 41.3 Å². The number of nitrogens with zero attached hydrogens (tertiary/aromatic N) is 3. The van der Waals surface area contributed by atoms with Gasteiger partial charge in [0.25, 0.3) is 0 Å². The van der Waals surface area contributed by atoms with Crippen LogP contribution in [0.5, 0.6) is 11.6 Å². The van der Waals surface area contributed by atoms with E-state index in [1.807, 2.05) is 17.7 Å². The first-order chi connectivity index (χ1) is 9.15. The second kappa shape index (κ2) is 4.62. The van der Waals surface area contributed by atoms with Crippen LogP contribution in [-0.4, -0.2) is 14.5 Å². The molecule has 3 aromatic rings. The van der Waals surface area contributed by atoms with Gasteiger partial charge in [-0.1, -0.05) is 0 Å². The van der Waals surface area contributed by atoms with E-state index in [0.717, 1.165) is 5.52 Å². The summed E-state index contributed by atoms with van der Waals surface area (Å²) in [6.45, 7) is 0. The number of halogens is 2. The Balaban J connectivity index is 2.06. The first kappa shape index (κ1) is 12.1. The van der Waals surface area contributed by atoms with Crippen molar-refractivity contribution in [1.29, 1.82) is 0 Å². The van der Waals surface area contributed by atoms with Crippen molar-refractivity contribution in [1.82, 2.24) is 14.5 Å². The lowest BCUT2D eigenvalue weighted by molar-refractivity contribution is 0.463. The molecule has 0 saturated heterocycles. The molecule has 0 saturated carbocycles. The van der Waals surface area contributed by atoms with Gasteiger partial charge in [0.2, 0.25) is 5.88 Å². The maximum Gasteiger partial charge on any atom is 0.247 e. The van der Waals surface area contributed by atoms with Crippen molar-refractivity contribution in [3.05, 3.63) is 47.1 Å². The number of pyridine rings is 1. The Hall–Kier alpha value is -1.95. The Morgan fingerprint density at radius 3 is 2.89 bits per heavy atom. The highest BCUT2D eigenvalue weighted by Gasteiger charge is 2.11. The number of imidazole rings is 1. The fourth-order valence-corrected chi connectivity index (χ4v) is 2.21. The lowest BCUT2D eigenvalue weighted by Crippen LogP contribution is -1.91. The van der Waals surface area contributed by atoms with Gasteiger partial charge in [-0.3, -0.25) is 0 Å². The molecule has 0 aliphatic rings. The molecule has 2 heterocycles. The van der Waals surface area contributed by atoms with Crippen molar-refractivity contribution >= 4 is 27.0 Å². The first-order valence-corrected chi connectivity index (χ1v) is 6.33. The molecular weight excluding hydrogens is 313 g/mol. The molecule has 0 fully saturated rings. The lowest BCUT2D eigenvalue weighted by Gasteiger charge is -2.07. The number of benzene rings is 1. The molecule has 0 spiro atoms. The quantitative estimate of drug-likeness (QED) is 0.723. The lowest BCUT2D eigenvalue weighted by atomic mass is 10.3. The van der Waals surface area contributed by atoms with E-state index in [0.29, 0.717) is 21.6 Å². The molecule has 0 amide bonds. The summed E-state index contributed by atoms with van der Waals surface area (Å²) in [6.07, 6.45) is 3.34. The minimum absolute atomic E-state index is 0.330. The molecule has 1 aromatic carbocycles. The van der Waals surface area contributed by atoms with Crippen LogP contribution in [-0.2, 0) is 7.05 Å². The maximum atomic E-state index is 13.0. The van der Waals surface area contributed by atoms with Gasteiger partial charge < -0.3 is 9.30 Å². The zero-order chi connectivity index (χ0) is 13.4. The third-order valence-corrected chi connectivity index (χ3v) is 3.33. The molecule has 3 rings (SSSR count). The Morgan fingerprint density at radius 1 is 1.26 bits per heavy atom. The van der Waals surface area contributed by atoms with E-state index in [9.17, 15) is 4.39 Å². The van der Waals surface area contributed by atoms with E-state index in [1.165, 1.54) is 12.1 Å². The molecule has 0 aliphatic heterocycles. The summed E-state index contributed by atoms with van der Waals surface area (Å²) < 4.78 is 21.1. The second-order valence-corrected chi connectivity index (χ2v) is 4.87. The fourth-order valence-electron chi connectivity index (χ4n) is 1.77. The minimum atomic E-state index is -0.330. The number of hydrogen-bond acceptors (Lipinski definition) is 3. The summed E-state index contributed by atoms with van der Waals surface area (Å²) >= 11 is 3.26. The van der Waals surface area contributed by atoms with E-state index < -0.39 is 0 Å². The molecule has 6 heteroatoms. The smallest absolute Gasteiger partial charge is 0.247 e. The van der Waals surface area contributed by atoms with Crippen molar-refractivity contribution < 1.29 is 9.13 Å². The maximum absolute atomic E-state index is 13.0. The summed E-state index contributed by atoms with van der Waals surface area (Å²) in [5.41, 5.74) is 1.59. The average Bonchev–Trinajstić information content (AvgIpc) is 2.76. The molecular formula is C13H9BrFN3O. The van der Waals surface area contributed by atoms with Crippen molar-refractivity contribution in [2.24, 2.45) is 7.05 Å². The minimum Gasteiger partial charge on any atom is -0.436 e. The van der Waals surface area contributed by atoms with Crippen LogP contribution in [0.2, 0.25) is 0 Å². The van der Waals surface area contributed by atoms with E-state index in [4.69, 9.17) is 4.74 Å². The summed E-state index contributed by atoms with van der Waals surface area (Å²) in [7, 11) is 1.90. The van der Waals surface area contributed by atoms with E-state index in [1.54, 1.807) is 18.6 Å². The summed E-state index contributed by atoms with van der Waals surface area (Å²) in [5, 5.41) is 0. The van der Waals surface area contributed by atoms with Crippen molar-refractivity contribution in [2.75, 3.05) is 0 Å². The topological polar surface area (TPSA) is 39.9 Å². The molecule has 4 nitrogen and oxygen atoms in total. The number of rotatable bonds is 2. The predicted octanol–water partition coefficient (Wildman–Crippen LogP) is 3.66. The van der Waals surface area contributed by atoms with Crippen LogP contribution in [0.3, 0.4) is 0 Å². The molecule has 0 aliphatic carbocycles. The van der Waals surface area contributed by atoms with Gasteiger partial charge in [-0.05, 0) is 40.2 Å². The highest BCUT2D eigenvalue weighted by atomic mass is 79.9. The van der Waals surface area contributed by atoms with E-state index in [-0.39, 0.29) is 5.82 Å². The number of hydrogen-bond donors (Lipinski definition) is 0. The largest absolute Gasteiger partial charge is 0.436 e. The molecule has 0 radical (unpaired) electrons. The van der Waals surface area contributed by atoms with Crippen LogP contribution in [0.4, 0.5) is 4.39 Å². The average molecular weight is 322 g/mol. The zero-order valence-corrected chi connectivity index (χ0v) is 11.6. The van der Waals surface area contributed by atoms with Crippen molar-refractivity contribution in [3.8, 4) is 11.6 Å². The van der Waals surface area contributed by atoms with Gasteiger partial charge in [-0.2, -0.15) is 0 Å². The van der Waals surface area contributed by atoms with Gasteiger partial charge in [-0.25, -0.2) is 14.4 Å². The third-order valence-electron chi connectivity index (χ3n) is 2.71. The normalized spacial score (nSPS) is 10.9. The SMILES string of the molecule is Cn1cnc2c(Oc3ccc(F)cc3Br)nccc21. The van der Waals surface area contributed by atoms with Crippen LogP contribution < -0.4 is 4.74 Å². The van der Waals surface area contributed by atoms with Gasteiger partial charge in [-0.15, -0.1) is 0 Å². The number of aryl methyl sites for hydroxylation is 1. The van der Waals surface area contributed by atoms with Gasteiger partial charge in [0.15, 0.2) is 5.52 Å².